The van der Waals surface area contributed by atoms with E-state index in [1.807, 2.05) is 6.92 Å². The van der Waals surface area contributed by atoms with Crippen LogP contribution in [0.1, 0.15) is 25.3 Å². The molecule has 6 heteroatoms. The molecule has 2 N–H and O–H groups in total. The quantitative estimate of drug-likeness (QED) is 0.801. The van der Waals surface area contributed by atoms with Gasteiger partial charge in [0.05, 0.1) is 4.90 Å². The van der Waals surface area contributed by atoms with E-state index in [2.05, 4.69) is 10.0 Å². The third kappa shape index (κ3) is 3.99. The highest BCUT2D eigenvalue weighted by Crippen LogP contribution is 2.28. The second-order valence-corrected chi connectivity index (χ2v) is 6.56. The molecule has 0 amide bonds. The summed E-state index contributed by atoms with van der Waals surface area (Å²) in [6.45, 7) is 3.52. The fourth-order valence-electron chi connectivity index (χ4n) is 1.81. The summed E-state index contributed by atoms with van der Waals surface area (Å²) < 4.78 is 40.2. The molecular formula is C13H19FN2O2S. The molecular weight excluding hydrogens is 267 g/mol. The minimum Gasteiger partial charge on any atom is -0.313 e. The van der Waals surface area contributed by atoms with Crippen LogP contribution in [0.3, 0.4) is 0 Å². The third-order valence-corrected chi connectivity index (χ3v) is 4.65. The SMILES string of the molecule is CCNCc1ccc(F)cc1S(=O)(=O)NCC1CC1. The predicted molar refractivity (Wildman–Crippen MR) is 71.7 cm³/mol. The van der Waals surface area contributed by atoms with Gasteiger partial charge in [-0.1, -0.05) is 13.0 Å². The second-order valence-electron chi connectivity index (χ2n) is 4.83. The molecule has 0 aliphatic heterocycles. The lowest BCUT2D eigenvalue weighted by atomic mass is 10.2. The Hall–Kier alpha value is -0.980. The van der Waals surface area contributed by atoms with Crippen LogP contribution in [-0.2, 0) is 16.6 Å². The van der Waals surface area contributed by atoms with Gasteiger partial charge in [0.25, 0.3) is 0 Å². The molecule has 0 spiro atoms. The Morgan fingerprint density at radius 2 is 2.11 bits per heavy atom. The Labute approximate surface area is 113 Å². The highest BCUT2D eigenvalue weighted by atomic mass is 32.2. The van der Waals surface area contributed by atoms with E-state index in [4.69, 9.17) is 0 Å². The van der Waals surface area contributed by atoms with Crippen LogP contribution < -0.4 is 10.0 Å². The first-order valence-corrected chi connectivity index (χ1v) is 8.00. The Balaban J connectivity index is 2.21. The van der Waals surface area contributed by atoms with Crippen molar-refractivity contribution in [1.82, 2.24) is 10.0 Å². The van der Waals surface area contributed by atoms with E-state index in [0.717, 1.165) is 25.5 Å². The minimum absolute atomic E-state index is 0.0362. The fraction of sp³-hybridized carbons (Fsp3) is 0.538. The molecule has 1 aromatic carbocycles. The topological polar surface area (TPSA) is 58.2 Å². The van der Waals surface area contributed by atoms with Crippen LogP contribution in [0, 0.1) is 11.7 Å². The maximum atomic E-state index is 13.3. The van der Waals surface area contributed by atoms with E-state index in [1.165, 1.54) is 12.1 Å². The first-order valence-electron chi connectivity index (χ1n) is 6.51. The van der Waals surface area contributed by atoms with Gasteiger partial charge in [0.15, 0.2) is 0 Å². The number of halogens is 1. The fourth-order valence-corrected chi connectivity index (χ4v) is 3.18. The molecule has 1 aromatic rings. The summed E-state index contributed by atoms with van der Waals surface area (Å²) in [7, 11) is -3.63. The third-order valence-electron chi connectivity index (χ3n) is 3.14. The lowest BCUT2D eigenvalue weighted by Crippen LogP contribution is -2.27. The first kappa shape index (κ1) is 14.4. The van der Waals surface area contributed by atoms with Gasteiger partial charge in [-0.2, -0.15) is 0 Å². The molecule has 0 aromatic heterocycles. The Morgan fingerprint density at radius 3 is 2.74 bits per heavy atom. The zero-order valence-electron chi connectivity index (χ0n) is 10.9. The van der Waals surface area contributed by atoms with Crippen molar-refractivity contribution in [2.75, 3.05) is 13.1 Å². The molecule has 1 aliphatic carbocycles. The highest BCUT2D eigenvalue weighted by Gasteiger charge is 2.25. The minimum atomic E-state index is -3.63. The second kappa shape index (κ2) is 5.98. The van der Waals surface area contributed by atoms with E-state index >= 15 is 0 Å². The number of hydrogen-bond donors (Lipinski definition) is 2. The van der Waals surface area contributed by atoms with Gasteiger partial charge < -0.3 is 5.32 Å². The number of rotatable bonds is 7. The molecule has 0 unspecified atom stereocenters. The summed E-state index contributed by atoms with van der Waals surface area (Å²) in [6, 6.07) is 3.89. The average molecular weight is 286 g/mol. The van der Waals surface area contributed by atoms with E-state index in [1.54, 1.807) is 0 Å². The average Bonchev–Trinajstić information content (AvgIpc) is 3.19. The summed E-state index contributed by atoms with van der Waals surface area (Å²) in [5, 5.41) is 3.06. The van der Waals surface area contributed by atoms with E-state index in [9.17, 15) is 12.8 Å². The van der Waals surface area contributed by atoms with Crippen LogP contribution in [-0.4, -0.2) is 21.5 Å². The van der Waals surface area contributed by atoms with Crippen molar-refractivity contribution in [3.05, 3.63) is 29.6 Å². The maximum absolute atomic E-state index is 13.3. The molecule has 0 atom stereocenters. The molecule has 2 rings (SSSR count). The molecule has 0 bridgehead atoms. The van der Waals surface area contributed by atoms with Gasteiger partial charge in [-0.15, -0.1) is 0 Å². The number of hydrogen-bond acceptors (Lipinski definition) is 3. The summed E-state index contributed by atoms with van der Waals surface area (Å²) >= 11 is 0. The zero-order chi connectivity index (χ0) is 13.9. The van der Waals surface area contributed by atoms with Crippen LogP contribution in [0.15, 0.2) is 23.1 Å². The van der Waals surface area contributed by atoms with Crippen molar-refractivity contribution in [3.8, 4) is 0 Å². The van der Waals surface area contributed by atoms with Crippen molar-refractivity contribution >= 4 is 10.0 Å². The summed E-state index contributed by atoms with van der Waals surface area (Å²) in [4.78, 5) is 0.0362. The highest BCUT2D eigenvalue weighted by molar-refractivity contribution is 7.89. The van der Waals surface area contributed by atoms with Crippen LogP contribution in [0.2, 0.25) is 0 Å². The van der Waals surface area contributed by atoms with Gasteiger partial charge >= 0.3 is 0 Å². The molecule has 106 valence electrons. The van der Waals surface area contributed by atoms with Gasteiger partial charge in [-0.25, -0.2) is 17.5 Å². The molecule has 1 fully saturated rings. The number of nitrogens with one attached hydrogen (secondary N) is 2. The molecule has 0 saturated heterocycles. The standard InChI is InChI=1S/C13H19FN2O2S/c1-2-15-9-11-5-6-12(14)7-13(11)19(17,18)16-8-10-3-4-10/h5-7,10,15-16H,2-4,8-9H2,1H3. The van der Waals surface area contributed by atoms with E-state index in [0.29, 0.717) is 24.6 Å². The largest absolute Gasteiger partial charge is 0.313 e. The lowest BCUT2D eigenvalue weighted by molar-refractivity contribution is 0.570. The van der Waals surface area contributed by atoms with Crippen LogP contribution >= 0.6 is 0 Å². The van der Waals surface area contributed by atoms with Crippen LogP contribution in [0.4, 0.5) is 4.39 Å². The number of benzene rings is 1. The van der Waals surface area contributed by atoms with E-state index in [-0.39, 0.29) is 4.90 Å². The number of sulfonamides is 1. The molecule has 1 aliphatic rings. The van der Waals surface area contributed by atoms with Gasteiger partial charge in [-0.05, 0) is 43.0 Å². The molecule has 19 heavy (non-hydrogen) atoms. The zero-order valence-corrected chi connectivity index (χ0v) is 11.8. The maximum Gasteiger partial charge on any atom is 0.241 e. The van der Waals surface area contributed by atoms with Gasteiger partial charge in [0.1, 0.15) is 5.82 Å². The van der Waals surface area contributed by atoms with Crippen molar-refractivity contribution in [2.24, 2.45) is 5.92 Å². The van der Waals surface area contributed by atoms with Crippen molar-refractivity contribution < 1.29 is 12.8 Å². The van der Waals surface area contributed by atoms with Gasteiger partial charge in [-0.3, -0.25) is 0 Å². The molecule has 0 heterocycles. The van der Waals surface area contributed by atoms with Crippen molar-refractivity contribution in [2.45, 2.75) is 31.2 Å². The normalized spacial score (nSPS) is 15.7. The molecule has 4 nitrogen and oxygen atoms in total. The van der Waals surface area contributed by atoms with E-state index < -0.39 is 15.8 Å². The smallest absolute Gasteiger partial charge is 0.241 e. The van der Waals surface area contributed by atoms with Crippen molar-refractivity contribution in [1.29, 1.82) is 0 Å². The predicted octanol–water partition coefficient (Wildman–Crippen LogP) is 1.62. The Bertz CT molecular complexity index is 542. The van der Waals surface area contributed by atoms with Crippen LogP contribution in [0.5, 0.6) is 0 Å². The van der Waals surface area contributed by atoms with Gasteiger partial charge in [0.2, 0.25) is 10.0 Å². The van der Waals surface area contributed by atoms with Crippen LogP contribution in [0.25, 0.3) is 0 Å². The molecule has 1 saturated carbocycles. The van der Waals surface area contributed by atoms with Gasteiger partial charge in [0, 0.05) is 13.1 Å². The lowest BCUT2D eigenvalue weighted by Gasteiger charge is -2.12. The Kier molecular flexibility index (Phi) is 4.54. The summed E-state index contributed by atoms with van der Waals surface area (Å²) in [5.41, 5.74) is 0.589. The summed E-state index contributed by atoms with van der Waals surface area (Å²) in [6.07, 6.45) is 2.13. The summed E-state index contributed by atoms with van der Waals surface area (Å²) in [5.74, 6) is -0.0902. The van der Waals surface area contributed by atoms with Crippen molar-refractivity contribution in [3.63, 3.8) is 0 Å². The monoisotopic (exact) mass is 286 g/mol. The Morgan fingerprint density at radius 1 is 1.37 bits per heavy atom. The first-order chi connectivity index (χ1) is 9.03. The molecule has 0 radical (unpaired) electrons.